The van der Waals surface area contributed by atoms with Gasteiger partial charge in [0.15, 0.2) is 0 Å². The molecule has 54 valence electrons. The maximum atomic E-state index is 9.67. The molecule has 0 aromatic heterocycles. The monoisotopic (exact) mass is 174 g/mol. The van der Waals surface area contributed by atoms with Gasteiger partial charge in [-0.2, -0.15) is 0 Å². The van der Waals surface area contributed by atoms with E-state index in [9.17, 15) is 9.90 Å². The summed E-state index contributed by atoms with van der Waals surface area (Å²) in [6.07, 6.45) is -3.66. The standard InChI is InChI=1S/C4H8O5.K/c5-1-2(6)3(7)4(8)9;/h2-3,5-7H,1H2,(H,8,9);/q;+1/p-1/t2-,3+;/m0./s1. The molecule has 0 aliphatic carbocycles. The minimum atomic E-state index is -2.00. The van der Waals surface area contributed by atoms with Crippen molar-refractivity contribution in [3.05, 3.63) is 0 Å². The first-order valence-corrected chi connectivity index (χ1v) is 2.27. The van der Waals surface area contributed by atoms with Crippen LogP contribution in [0.4, 0.5) is 0 Å². The van der Waals surface area contributed by atoms with Crippen molar-refractivity contribution in [1.29, 1.82) is 0 Å². The Balaban J connectivity index is 0. The summed E-state index contributed by atoms with van der Waals surface area (Å²) in [5.74, 6) is -1.79. The molecule has 0 aliphatic heterocycles. The molecule has 0 aliphatic rings. The number of carboxylic acid groups (broad SMARTS) is 1. The van der Waals surface area contributed by atoms with E-state index in [4.69, 9.17) is 15.3 Å². The quantitative estimate of drug-likeness (QED) is 0.369. The van der Waals surface area contributed by atoms with Crippen molar-refractivity contribution >= 4 is 5.97 Å². The van der Waals surface area contributed by atoms with Crippen LogP contribution in [0.25, 0.3) is 0 Å². The van der Waals surface area contributed by atoms with Crippen LogP contribution in [0.5, 0.6) is 0 Å². The molecular weight excluding hydrogens is 167 g/mol. The van der Waals surface area contributed by atoms with Crippen LogP contribution >= 0.6 is 0 Å². The Morgan fingerprint density at radius 3 is 2.00 bits per heavy atom. The molecule has 2 atom stereocenters. The average molecular weight is 174 g/mol. The summed E-state index contributed by atoms with van der Waals surface area (Å²) in [5.41, 5.74) is 0. The van der Waals surface area contributed by atoms with Gasteiger partial charge in [-0.15, -0.1) is 0 Å². The summed E-state index contributed by atoms with van der Waals surface area (Å²) in [5, 5.41) is 34.4. The van der Waals surface area contributed by atoms with Crippen molar-refractivity contribution in [3.63, 3.8) is 0 Å². The molecule has 0 spiro atoms. The number of carbonyl (C=O) groups excluding carboxylic acids is 1. The van der Waals surface area contributed by atoms with Crippen LogP contribution in [-0.2, 0) is 4.79 Å². The first-order valence-electron chi connectivity index (χ1n) is 2.27. The second-order valence-electron chi connectivity index (χ2n) is 1.51. The number of rotatable bonds is 3. The Morgan fingerprint density at radius 1 is 1.50 bits per heavy atom. The third-order valence-corrected chi connectivity index (χ3v) is 0.793. The summed E-state index contributed by atoms with van der Waals surface area (Å²) in [4.78, 5) is 9.67. The summed E-state index contributed by atoms with van der Waals surface area (Å²) in [7, 11) is 0. The normalized spacial score (nSPS) is 15.1. The molecule has 0 aromatic rings. The van der Waals surface area contributed by atoms with Crippen LogP contribution in [-0.4, -0.2) is 40.1 Å². The van der Waals surface area contributed by atoms with Crippen molar-refractivity contribution in [3.8, 4) is 0 Å². The van der Waals surface area contributed by atoms with Gasteiger partial charge >= 0.3 is 51.4 Å². The van der Waals surface area contributed by atoms with Crippen LogP contribution in [0.1, 0.15) is 0 Å². The predicted molar refractivity (Wildman–Crippen MR) is 24.1 cm³/mol. The van der Waals surface area contributed by atoms with Crippen molar-refractivity contribution in [2.75, 3.05) is 6.61 Å². The fourth-order valence-electron chi connectivity index (χ4n) is 0.257. The molecular formula is C4H7KO5. The number of carboxylic acids is 1. The molecule has 0 radical (unpaired) electrons. The molecule has 0 aromatic carbocycles. The third-order valence-electron chi connectivity index (χ3n) is 0.793. The van der Waals surface area contributed by atoms with E-state index in [1.807, 2.05) is 0 Å². The topological polar surface area (TPSA) is 101 Å². The van der Waals surface area contributed by atoms with Crippen molar-refractivity contribution in [2.24, 2.45) is 0 Å². The number of hydrogen-bond acceptors (Lipinski definition) is 5. The molecule has 6 heteroatoms. The summed E-state index contributed by atoms with van der Waals surface area (Å²) < 4.78 is 0. The Hall–Kier alpha value is 0.986. The molecule has 0 unspecified atom stereocenters. The van der Waals surface area contributed by atoms with E-state index in [-0.39, 0.29) is 51.4 Å². The average Bonchev–Trinajstić information content (AvgIpc) is 1.84. The van der Waals surface area contributed by atoms with Crippen LogP contribution in [0.15, 0.2) is 0 Å². The van der Waals surface area contributed by atoms with Crippen molar-refractivity contribution < 1.29 is 76.6 Å². The van der Waals surface area contributed by atoms with Gasteiger partial charge in [0.2, 0.25) is 0 Å². The van der Waals surface area contributed by atoms with E-state index < -0.39 is 24.8 Å². The number of aliphatic carboxylic acids is 1. The van der Waals surface area contributed by atoms with Gasteiger partial charge in [0.25, 0.3) is 0 Å². The summed E-state index contributed by atoms with van der Waals surface area (Å²) >= 11 is 0. The number of aliphatic hydroxyl groups is 3. The van der Waals surface area contributed by atoms with E-state index in [1.54, 1.807) is 0 Å². The van der Waals surface area contributed by atoms with Gasteiger partial charge in [-0.3, -0.25) is 0 Å². The van der Waals surface area contributed by atoms with Gasteiger partial charge in [-0.25, -0.2) is 0 Å². The first kappa shape index (κ1) is 13.6. The summed E-state index contributed by atoms with van der Waals surface area (Å²) in [6, 6.07) is 0. The van der Waals surface area contributed by atoms with E-state index >= 15 is 0 Å². The van der Waals surface area contributed by atoms with Crippen LogP contribution in [0, 0.1) is 0 Å². The fourth-order valence-corrected chi connectivity index (χ4v) is 0.257. The molecule has 0 amide bonds. The van der Waals surface area contributed by atoms with Crippen LogP contribution < -0.4 is 56.5 Å². The van der Waals surface area contributed by atoms with E-state index in [2.05, 4.69) is 0 Å². The second-order valence-corrected chi connectivity index (χ2v) is 1.51. The van der Waals surface area contributed by atoms with Gasteiger partial charge in [0.05, 0.1) is 12.6 Å². The van der Waals surface area contributed by atoms with Crippen molar-refractivity contribution in [2.45, 2.75) is 12.2 Å². The largest absolute Gasteiger partial charge is 1.00 e. The number of carbonyl (C=O) groups is 1. The molecule has 0 saturated carbocycles. The van der Waals surface area contributed by atoms with Crippen LogP contribution in [0.2, 0.25) is 0 Å². The van der Waals surface area contributed by atoms with Gasteiger partial charge in [0, 0.05) is 0 Å². The van der Waals surface area contributed by atoms with Gasteiger partial charge < -0.3 is 25.2 Å². The zero-order chi connectivity index (χ0) is 7.44. The minimum absolute atomic E-state index is 0. The minimum Gasteiger partial charge on any atom is -0.547 e. The van der Waals surface area contributed by atoms with Gasteiger partial charge in [0.1, 0.15) is 12.2 Å². The molecule has 5 nitrogen and oxygen atoms in total. The summed E-state index contributed by atoms with van der Waals surface area (Å²) in [6.45, 7) is -0.796. The molecule has 10 heavy (non-hydrogen) atoms. The number of aliphatic hydroxyl groups excluding tert-OH is 3. The van der Waals surface area contributed by atoms with E-state index in [0.29, 0.717) is 0 Å². The van der Waals surface area contributed by atoms with Gasteiger partial charge in [-0.1, -0.05) is 0 Å². The smallest absolute Gasteiger partial charge is 0.547 e. The Labute approximate surface area is 100 Å². The van der Waals surface area contributed by atoms with Crippen LogP contribution in [0.3, 0.4) is 0 Å². The first-order chi connectivity index (χ1) is 4.09. The Bertz CT molecular complexity index is 106. The van der Waals surface area contributed by atoms with E-state index in [1.165, 1.54) is 0 Å². The second kappa shape index (κ2) is 6.68. The third kappa shape index (κ3) is 4.75. The zero-order valence-electron chi connectivity index (χ0n) is 5.52. The molecule has 0 saturated heterocycles. The SMILES string of the molecule is O=C([O-])[C@H](O)[C@@H](O)CO.[K+]. The van der Waals surface area contributed by atoms with E-state index in [0.717, 1.165) is 0 Å². The zero-order valence-corrected chi connectivity index (χ0v) is 8.64. The molecule has 0 heterocycles. The Morgan fingerprint density at radius 2 is 1.90 bits per heavy atom. The molecule has 3 N–H and O–H groups in total. The Kier molecular flexibility index (Phi) is 9.07. The predicted octanol–water partition coefficient (Wildman–Crippen LogP) is -6.55. The maximum Gasteiger partial charge on any atom is 1.00 e. The van der Waals surface area contributed by atoms with Gasteiger partial charge in [-0.05, 0) is 0 Å². The van der Waals surface area contributed by atoms with Crippen molar-refractivity contribution in [1.82, 2.24) is 0 Å². The molecule has 0 bridgehead atoms. The molecule has 0 rings (SSSR count). The maximum absolute atomic E-state index is 9.67. The number of hydrogen-bond donors (Lipinski definition) is 3. The fraction of sp³-hybridized carbons (Fsp3) is 0.750. The molecule has 0 fully saturated rings.